The van der Waals surface area contributed by atoms with Crippen LogP contribution in [-0.4, -0.2) is 0 Å². The second kappa shape index (κ2) is 4.65. The molecule has 0 heterocycles. The summed E-state index contributed by atoms with van der Waals surface area (Å²) in [5.74, 6) is 0.654. The van der Waals surface area contributed by atoms with Crippen LogP contribution in [0.5, 0.6) is 0 Å². The van der Waals surface area contributed by atoms with Crippen molar-refractivity contribution >= 4 is 11.6 Å². The summed E-state index contributed by atoms with van der Waals surface area (Å²) < 4.78 is 0. The van der Waals surface area contributed by atoms with E-state index in [1.165, 1.54) is 23.1 Å². The minimum atomic E-state index is 0.200. The average Bonchev–Trinajstić information content (AvgIpc) is 2.96. The number of hydrogen-bond donors (Lipinski definition) is 0. The smallest absolute Gasteiger partial charge is 0.0621 e. The molecule has 0 radical (unpaired) electrons. The molecule has 0 bridgehead atoms. The zero-order valence-electron chi connectivity index (χ0n) is 11.4. The molecule has 1 aromatic carbocycles. The van der Waals surface area contributed by atoms with Gasteiger partial charge in [-0.2, -0.15) is 0 Å². The first-order valence-corrected chi connectivity index (χ1v) is 7.19. The van der Waals surface area contributed by atoms with Gasteiger partial charge in [0.25, 0.3) is 0 Å². The molecule has 2 rings (SSSR count). The van der Waals surface area contributed by atoms with Gasteiger partial charge in [-0.05, 0) is 47.3 Å². The lowest BCUT2D eigenvalue weighted by atomic mass is 9.94. The molecule has 0 saturated heterocycles. The highest BCUT2D eigenvalue weighted by atomic mass is 35.5. The predicted octanol–water partition coefficient (Wildman–Crippen LogP) is 5.14. The van der Waals surface area contributed by atoms with Crippen molar-refractivity contribution in [3.63, 3.8) is 0 Å². The van der Waals surface area contributed by atoms with Crippen molar-refractivity contribution in [3.05, 3.63) is 34.9 Å². The fraction of sp³-hybridized carbons (Fsp3) is 0.625. The minimum Gasteiger partial charge on any atom is -0.117 e. The molecule has 1 heteroatoms. The molecular formula is C16H23Cl. The van der Waals surface area contributed by atoms with E-state index in [-0.39, 0.29) is 5.38 Å². The summed E-state index contributed by atoms with van der Waals surface area (Å²) in [4.78, 5) is 0. The maximum Gasteiger partial charge on any atom is 0.0621 e. The second-order valence-electron chi connectivity index (χ2n) is 5.94. The van der Waals surface area contributed by atoms with Crippen molar-refractivity contribution in [2.24, 2.45) is 11.3 Å². The van der Waals surface area contributed by atoms with Gasteiger partial charge in [0.05, 0.1) is 5.38 Å². The zero-order chi connectivity index (χ0) is 12.6. The molecule has 0 amide bonds. The van der Waals surface area contributed by atoms with Gasteiger partial charge in [-0.1, -0.05) is 45.9 Å². The first-order valence-electron chi connectivity index (χ1n) is 6.75. The Morgan fingerprint density at radius 1 is 1.29 bits per heavy atom. The van der Waals surface area contributed by atoms with E-state index in [9.17, 15) is 0 Å². The van der Waals surface area contributed by atoms with Crippen LogP contribution in [0.1, 0.15) is 56.2 Å². The quantitative estimate of drug-likeness (QED) is 0.650. The molecule has 94 valence electrons. The molecule has 1 fully saturated rings. The van der Waals surface area contributed by atoms with E-state index in [2.05, 4.69) is 45.9 Å². The lowest BCUT2D eigenvalue weighted by molar-refractivity contribution is 0.547. The van der Waals surface area contributed by atoms with Crippen LogP contribution < -0.4 is 0 Å². The van der Waals surface area contributed by atoms with Gasteiger partial charge in [0.15, 0.2) is 0 Å². The van der Waals surface area contributed by atoms with Crippen molar-refractivity contribution in [1.82, 2.24) is 0 Å². The highest BCUT2D eigenvalue weighted by Gasteiger charge is 2.50. The molecule has 17 heavy (non-hydrogen) atoms. The van der Waals surface area contributed by atoms with Crippen LogP contribution in [0.3, 0.4) is 0 Å². The molecule has 2 unspecified atom stereocenters. The molecule has 1 aliphatic carbocycles. The maximum absolute atomic E-state index is 6.70. The van der Waals surface area contributed by atoms with Crippen LogP contribution in [-0.2, 0) is 12.8 Å². The van der Waals surface area contributed by atoms with Crippen molar-refractivity contribution in [3.8, 4) is 0 Å². The molecule has 0 aromatic heterocycles. The summed E-state index contributed by atoms with van der Waals surface area (Å²) in [6, 6.07) is 6.83. The number of aryl methyl sites for hydroxylation is 2. The third kappa shape index (κ3) is 2.52. The first kappa shape index (κ1) is 13.0. The van der Waals surface area contributed by atoms with Gasteiger partial charge in [0.1, 0.15) is 0 Å². The molecule has 1 aromatic rings. The fourth-order valence-corrected chi connectivity index (χ4v) is 3.30. The molecule has 0 nitrogen and oxygen atoms in total. The molecule has 1 saturated carbocycles. The number of alkyl halides is 1. The largest absolute Gasteiger partial charge is 0.117 e. The summed E-state index contributed by atoms with van der Waals surface area (Å²) in [6.07, 6.45) is 3.44. The van der Waals surface area contributed by atoms with Gasteiger partial charge in [-0.15, -0.1) is 11.6 Å². The topological polar surface area (TPSA) is 0 Å². The van der Waals surface area contributed by atoms with E-state index in [0.29, 0.717) is 11.3 Å². The SMILES string of the molecule is CCc1ccc(CC)c(C(Cl)C2CC2(C)C)c1. The van der Waals surface area contributed by atoms with E-state index in [0.717, 1.165) is 12.8 Å². The minimum absolute atomic E-state index is 0.200. The Morgan fingerprint density at radius 3 is 2.41 bits per heavy atom. The van der Waals surface area contributed by atoms with Gasteiger partial charge in [-0.3, -0.25) is 0 Å². The lowest BCUT2D eigenvalue weighted by Gasteiger charge is -2.17. The van der Waals surface area contributed by atoms with Crippen molar-refractivity contribution in [2.75, 3.05) is 0 Å². The molecule has 1 aliphatic rings. The Labute approximate surface area is 110 Å². The van der Waals surface area contributed by atoms with Gasteiger partial charge in [-0.25, -0.2) is 0 Å². The highest BCUT2D eigenvalue weighted by Crippen LogP contribution is 2.60. The maximum atomic E-state index is 6.70. The van der Waals surface area contributed by atoms with E-state index >= 15 is 0 Å². The second-order valence-corrected chi connectivity index (χ2v) is 6.41. The van der Waals surface area contributed by atoms with Crippen LogP contribution in [0.25, 0.3) is 0 Å². The number of hydrogen-bond acceptors (Lipinski definition) is 0. The predicted molar refractivity (Wildman–Crippen MR) is 75.7 cm³/mol. The molecule has 0 aliphatic heterocycles. The summed E-state index contributed by atoms with van der Waals surface area (Å²) in [5.41, 5.74) is 4.65. The Hall–Kier alpha value is -0.490. The fourth-order valence-electron chi connectivity index (χ4n) is 2.67. The highest BCUT2D eigenvalue weighted by molar-refractivity contribution is 6.21. The number of halogens is 1. The van der Waals surface area contributed by atoms with E-state index in [1.807, 2.05) is 0 Å². The first-order chi connectivity index (χ1) is 7.99. The molecule has 0 spiro atoms. The average molecular weight is 251 g/mol. The Balaban J connectivity index is 2.29. The van der Waals surface area contributed by atoms with Gasteiger partial charge < -0.3 is 0 Å². The number of rotatable bonds is 4. The number of benzene rings is 1. The lowest BCUT2D eigenvalue weighted by Crippen LogP contribution is -2.03. The van der Waals surface area contributed by atoms with Crippen molar-refractivity contribution in [1.29, 1.82) is 0 Å². The Morgan fingerprint density at radius 2 is 1.94 bits per heavy atom. The van der Waals surface area contributed by atoms with E-state index in [1.54, 1.807) is 0 Å². The van der Waals surface area contributed by atoms with Crippen molar-refractivity contribution in [2.45, 2.75) is 52.3 Å². The summed E-state index contributed by atoms with van der Waals surface area (Å²) in [6.45, 7) is 9.06. The Bertz CT molecular complexity index is 406. The van der Waals surface area contributed by atoms with Crippen LogP contribution in [0, 0.1) is 11.3 Å². The van der Waals surface area contributed by atoms with Gasteiger partial charge in [0.2, 0.25) is 0 Å². The monoisotopic (exact) mass is 250 g/mol. The van der Waals surface area contributed by atoms with Crippen LogP contribution in [0.2, 0.25) is 0 Å². The molecular weight excluding hydrogens is 228 g/mol. The molecule has 2 atom stereocenters. The van der Waals surface area contributed by atoms with Crippen molar-refractivity contribution < 1.29 is 0 Å². The van der Waals surface area contributed by atoms with Gasteiger partial charge >= 0.3 is 0 Å². The summed E-state index contributed by atoms with van der Waals surface area (Å²) in [7, 11) is 0. The third-order valence-electron chi connectivity index (χ3n) is 4.24. The zero-order valence-corrected chi connectivity index (χ0v) is 12.1. The summed E-state index contributed by atoms with van der Waals surface area (Å²) in [5, 5.41) is 0.200. The van der Waals surface area contributed by atoms with E-state index in [4.69, 9.17) is 11.6 Å². The van der Waals surface area contributed by atoms with Gasteiger partial charge in [0, 0.05) is 0 Å². The van der Waals surface area contributed by atoms with E-state index < -0.39 is 0 Å². The van der Waals surface area contributed by atoms with Crippen LogP contribution in [0.15, 0.2) is 18.2 Å². The standard InChI is InChI=1S/C16H23Cl/c1-5-11-7-8-12(6-2)13(9-11)15(17)14-10-16(14,3)4/h7-9,14-15H,5-6,10H2,1-4H3. The van der Waals surface area contributed by atoms with Crippen LogP contribution in [0.4, 0.5) is 0 Å². The summed E-state index contributed by atoms with van der Waals surface area (Å²) >= 11 is 6.70. The Kier molecular flexibility index (Phi) is 3.54. The van der Waals surface area contributed by atoms with Crippen LogP contribution >= 0.6 is 11.6 Å². The normalized spacial score (nSPS) is 23.5. The third-order valence-corrected chi connectivity index (χ3v) is 4.78. The molecule has 0 N–H and O–H groups in total.